The summed E-state index contributed by atoms with van der Waals surface area (Å²) in [5, 5.41) is 2.96. The lowest BCUT2D eigenvalue weighted by Crippen LogP contribution is -2.34. The Labute approximate surface area is 107 Å². The molecule has 0 aliphatic carbocycles. The molecule has 1 unspecified atom stereocenters. The third-order valence-corrected chi connectivity index (χ3v) is 3.30. The summed E-state index contributed by atoms with van der Waals surface area (Å²) in [6.07, 6.45) is 3.99. The number of hydrogen-bond acceptors (Lipinski definition) is 3. The van der Waals surface area contributed by atoms with Gasteiger partial charge in [0.1, 0.15) is 5.69 Å². The van der Waals surface area contributed by atoms with E-state index in [2.05, 4.69) is 5.32 Å². The van der Waals surface area contributed by atoms with Crippen LogP contribution in [0.1, 0.15) is 30.3 Å². The number of nitrogens with one attached hydrogen (secondary N) is 1. The molecule has 18 heavy (non-hydrogen) atoms. The number of aromatic nitrogens is 1. The number of amides is 1. The van der Waals surface area contributed by atoms with Crippen LogP contribution in [0.25, 0.3) is 0 Å². The Morgan fingerprint density at radius 3 is 3.17 bits per heavy atom. The quantitative estimate of drug-likeness (QED) is 0.846. The summed E-state index contributed by atoms with van der Waals surface area (Å²) in [5.41, 5.74) is 6.97. The number of anilines is 1. The van der Waals surface area contributed by atoms with Crippen molar-refractivity contribution in [3.8, 4) is 0 Å². The van der Waals surface area contributed by atoms with Gasteiger partial charge in [0.05, 0.1) is 12.3 Å². The van der Waals surface area contributed by atoms with E-state index in [1.165, 1.54) is 0 Å². The van der Waals surface area contributed by atoms with Gasteiger partial charge in [0.25, 0.3) is 5.91 Å². The first kappa shape index (κ1) is 13.0. The molecular formula is C13H21N3O2. The zero-order valence-corrected chi connectivity index (χ0v) is 10.8. The largest absolute Gasteiger partial charge is 0.397 e. The molecule has 2 heterocycles. The zero-order chi connectivity index (χ0) is 13.0. The number of hydrogen-bond donors (Lipinski definition) is 2. The first-order valence-electron chi connectivity index (χ1n) is 6.52. The van der Waals surface area contributed by atoms with Crippen LogP contribution in [-0.4, -0.2) is 30.2 Å². The number of aryl methyl sites for hydroxylation is 1. The minimum Gasteiger partial charge on any atom is -0.397 e. The maximum Gasteiger partial charge on any atom is 0.267 e. The highest BCUT2D eigenvalue weighted by molar-refractivity contribution is 5.93. The molecule has 3 N–H and O–H groups in total. The van der Waals surface area contributed by atoms with Gasteiger partial charge in [0.2, 0.25) is 0 Å². The normalized spacial score (nSPS) is 19.7. The Kier molecular flexibility index (Phi) is 4.25. The molecule has 100 valence electrons. The van der Waals surface area contributed by atoms with Crippen LogP contribution in [0, 0.1) is 5.92 Å². The van der Waals surface area contributed by atoms with Crippen molar-refractivity contribution in [1.82, 2.24) is 9.88 Å². The van der Waals surface area contributed by atoms with E-state index < -0.39 is 0 Å². The van der Waals surface area contributed by atoms with Crippen molar-refractivity contribution < 1.29 is 9.53 Å². The second-order valence-corrected chi connectivity index (χ2v) is 4.74. The smallest absolute Gasteiger partial charge is 0.267 e. The molecule has 0 aromatic carbocycles. The molecule has 1 aromatic rings. The van der Waals surface area contributed by atoms with Gasteiger partial charge < -0.3 is 20.4 Å². The molecule has 1 aromatic heterocycles. The first-order chi connectivity index (χ1) is 8.70. The predicted molar refractivity (Wildman–Crippen MR) is 70.4 cm³/mol. The average Bonchev–Trinajstić information content (AvgIpc) is 2.78. The van der Waals surface area contributed by atoms with Gasteiger partial charge in [-0.2, -0.15) is 0 Å². The third-order valence-electron chi connectivity index (χ3n) is 3.30. The summed E-state index contributed by atoms with van der Waals surface area (Å²) in [6.45, 7) is 5.00. The predicted octanol–water partition coefficient (Wildman–Crippen LogP) is 1.25. The highest BCUT2D eigenvalue weighted by atomic mass is 16.5. The second kappa shape index (κ2) is 5.91. The zero-order valence-electron chi connectivity index (χ0n) is 10.8. The van der Waals surface area contributed by atoms with Crippen molar-refractivity contribution in [3.63, 3.8) is 0 Å². The van der Waals surface area contributed by atoms with Crippen molar-refractivity contribution in [2.45, 2.75) is 26.3 Å². The van der Waals surface area contributed by atoms with E-state index >= 15 is 0 Å². The maximum absolute atomic E-state index is 12.1. The fourth-order valence-electron chi connectivity index (χ4n) is 2.28. The van der Waals surface area contributed by atoms with E-state index in [1.54, 1.807) is 12.3 Å². The molecule has 2 rings (SSSR count). The molecule has 5 heteroatoms. The van der Waals surface area contributed by atoms with Gasteiger partial charge in [-0.1, -0.05) is 0 Å². The Bertz CT molecular complexity index is 408. The van der Waals surface area contributed by atoms with Crippen molar-refractivity contribution in [2.24, 2.45) is 5.92 Å². The number of nitrogens with zero attached hydrogens (tertiary/aromatic N) is 1. The molecule has 0 spiro atoms. The first-order valence-corrected chi connectivity index (χ1v) is 6.52. The fraction of sp³-hybridized carbons (Fsp3) is 0.615. The van der Waals surface area contributed by atoms with Gasteiger partial charge in [-0.25, -0.2) is 0 Å². The number of rotatable bonds is 4. The minimum atomic E-state index is -0.0564. The third kappa shape index (κ3) is 3.04. The van der Waals surface area contributed by atoms with Crippen LogP contribution < -0.4 is 11.1 Å². The van der Waals surface area contributed by atoms with E-state index in [4.69, 9.17) is 10.5 Å². The lowest BCUT2D eigenvalue weighted by Gasteiger charge is -2.22. The molecule has 1 fully saturated rings. The maximum atomic E-state index is 12.1. The molecule has 5 nitrogen and oxygen atoms in total. The molecule has 1 amide bonds. The molecule has 1 aliphatic rings. The van der Waals surface area contributed by atoms with Crippen molar-refractivity contribution in [1.29, 1.82) is 0 Å². The monoisotopic (exact) mass is 251 g/mol. The van der Waals surface area contributed by atoms with Crippen LogP contribution in [0.2, 0.25) is 0 Å². The summed E-state index contributed by atoms with van der Waals surface area (Å²) >= 11 is 0. The topological polar surface area (TPSA) is 69.3 Å². The van der Waals surface area contributed by atoms with Crippen LogP contribution in [0.3, 0.4) is 0 Å². The highest BCUT2D eigenvalue weighted by Crippen LogP contribution is 2.13. The SMILES string of the molecule is CCn1cc(N)cc1C(=O)NCC1CCCOC1. The Hall–Kier alpha value is -1.49. The molecule has 0 saturated carbocycles. The van der Waals surface area contributed by atoms with Crippen molar-refractivity contribution in [2.75, 3.05) is 25.5 Å². The fourth-order valence-corrected chi connectivity index (χ4v) is 2.28. The summed E-state index contributed by atoms with van der Waals surface area (Å²) in [5.74, 6) is 0.379. The van der Waals surface area contributed by atoms with Gasteiger partial charge in [-0.05, 0) is 31.7 Å². The summed E-state index contributed by atoms with van der Waals surface area (Å²) in [6, 6.07) is 1.72. The summed E-state index contributed by atoms with van der Waals surface area (Å²) < 4.78 is 7.26. The van der Waals surface area contributed by atoms with Crippen LogP contribution in [0.15, 0.2) is 12.3 Å². The molecular weight excluding hydrogens is 230 g/mol. The van der Waals surface area contributed by atoms with Gasteiger partial charge in [0, 0.05) is 25.9 Å². The number of carbonyl (C=O) groups excluding carboxylic acids is 1. The number of nitrogens with two attached hydrogens (primary N) is 1. The van der Waals surface area contributed by atoms with E-state index in [-0.39, 0.29) is 5.91 Å². The average molecular weight is 251 g/mol. The minimum absolute atomic E-state index is 0.0564. The van der Waals surface area contributed by atoms with E-state index in [0.29, 0.717) is 23.8 Å². The van der Waals surface area contributed by atoms with Crippen LogP contribution in [0.5, 0.6) is 0 Å². The Morgan fingerprint density at radius 2 is 2.50 bits per heavy atom. The van der Waals surface area contributed by atoms with Crippen LogP contribution in [0.4, 0.5) is 5.69 Å². The van der Waals surface area contributed by atoms with Gasteiger partial charge >= 0.3 is 0 Å². The molecule has 1 atom stereocenters. The van der Waals surface area contributed by atoms with Crippen LogP contribution >= 0.6 is 0 Å². The number of ether oxygens (including phenoxy) is 1. The van der Waals surface area contributed by atoms with Gasteiger partial charge in [-0.15, -0.1) is 0 Å². The highest BCUT2D eigenvalue weighted by Gasteiger charge is 2.17. The van der Waals surface area contributed by atoms with Gasteiger partial charge in [0.15, 0.2) is 0 Å². The molecule has 1 saturated heterocycles. The summed E-state index contributed by atoms with van der Waals surface area (Å²) in [7, 11) is 0. The number of carbonyl (C=O) groups is 1. The van der Waals surface area contributed by atoms with E-state index in [1.807, 2.05) is 11.5 Å². The van der Waals surface area contributed by atoms with E-state index in [9.17, 15) is 4.79 Å². The lowest BCUT2D eigenvalue weighted by molar-refractivity contribution is 0.0535. The second-order valence-electron chi connectivity index (χ2n) is 4.74. The van der Waals surface area contributed by atoms with Crippen molar-refractivity contribution >= 4 is 11.6 Å². The Morgan fingerprint density at radius 1 is 1.67 bits per heavy atom. The van der Waals surface area contributed by atoms with Gasteiger partial charge in [-0.3, -0.25) is 4.79 Å². The standard InChI is InChI=1S/C13H21N3O2/c1-2-16-8-11(14)6-12(16)13(17)15-7-10-4-3-5-18-9-10/h6,8,10H,2-5,7,9,14H2,1H3,(H,15,17). The van der Waals surface area contributed by atoms with E-state index in [0.717, 1.165) is 32.6 Å². The summed E-state index contributed by atoms with van der Waals surface area (Å²) in [4.78, 5) is 12.1. The molecule has 1 aliphatic heterocycles. The van der Waals surface area contributed by atoms with Crippen LogP contribution in [-0.2, 0) is 11.3 Å². The number of nitrogen functional groups attached to an aromatic ring is 1. The van der Waals surface area contributed by atoms with Crippen molar-refractivity contribution in [3.05, 3.63) is 18.0 Å². The Balaban J connectivity index is 1.90. The molecule has 0 bridgehead atoms. The lowest BCUT2D eigenvalue weighted by atomic mass is 10.0. The molecule has 0 radical (unpaired) electrons.